The number of carbonyl (C=O) groups is 1. The van der Waals surface area contributed by atoms with Gasteiger partial charge in [0.25, 0.3) is 0 Å². The summed E-state index contributed by atoms with van der Waals surface area (Å²) in [4.78, 5) is 12.4. The topological polar surface area (TPSA) is 64.7 Å². The fourth-order valence-corrected chi connectivity index (χ4v) is 3.44. The van der Waals surface area contributed by atoms with E-state index in [-0.39, 0.29) is 11.8 Å². The van der Waals surface area contributed by atoms with Crippen LogP contribution in [0.15, 0.2) is 10.5 Å². The van der Waals surface area contributed by atoms with Gasteiger partial charge in [0.15, 0.2) is 5.69 Å². The number of aromatic nitrogens is 4. The lowest BCUT2D eigenvalue weighted by Gasteiger charge is -2.15. The van der Waals surface area contributed by atoms with Crippen molar-refractivity contribution in [1.82, 2.24) is 24.9 Å². The molecule has 1 aliphatic rings. The first-order chi connectivity index (χ1) is 13.1. The number of alkyl halides is 3. The van der Waals surface area contributed by atoms with E-state index >= 15 is 0 Å². The molecule has 0 aromatic carbocycles. The molecule has 0 bridgehead atoms. The number of aryl methyl sites for hydroxylation is 2. The first kappa shape index (κ1) is 20.9. The number of nitrogens with zero attached hydrogens (tertiary/aromatic N) is 4. The van der Waals surface area contributed by atoms with Crippen molar-refractivity contribution in [3.8, 4) is 0 Å². The lowest BCUT2D eigenvalue weighted by atomic mass is 10.2. The minimum absolute atomic E-state index is 0.169. The SMILES string of the molecule is Cc1nn(C(C)C(=O)NCCCn2nc(C(F)(F)F)cc2C2CC2)c(C)c1Br. The summed E-state index contributed by atoms with van der Waals surface area (Å²) in [5.41, 5.74) is 1.47. The molecule has 2 heterocycles. The molecule has 1 aliphatic carbocycles. The van der Waals surface area contributed by atoms with E-state index in [9.17, 15) is 18.0 Å². The van der Waals surface area contributed by atoms with Gasteiger partial charge in [-0.15, -0.1) is 0 Å². The van der Waals surface area contributed by atoms with E-state index in [4.69, 9.17) is 0 Å². The highest BCUT2D eigenvalue weighted by Crippen LogP contribution is 2.42. The zero-order chi connectivity index (χ0) is 20.6. The van der Waals surface area contributed by atoms with E-state index in [1.165, 1.54) is 4.68 Å². The quantitative estimate of drug-likeness (QED) is 0.630. The van der Waals surface area contributed by atoms with Crippen LogP contribution in [0.5, 0.6) is 0 Å². The molecule has 1 saturated carbocycles. The van der Waals surface area contributed by atoms with Gasteiger partial charge in [-0.1, -0.05) is 0 Å². The van der Waals surface area contributed by atoms with Gasteiger partial charge in [-0.2, -0.15) is 23.4 Å². The van der Waals surface area contributed by atoms with Crippen LogP contribution in [0.1, 0.15) is 60.9 Å². The molecule has 2 aromatic heterocycles. The van der Waals surface area contributed by atoms with Gasteiger partial charge in [-0.25, -0.2) is 0 Å². The number of halogens is 4. The van der Waals surface area contributed by atoms with Gasteiger partial charge in [0, 0.05) is 24.7 Å². The summed E-state index contributed by atoms with van der Waals surface area (Å²) in [6, 6.07) is 0.674. The number of nitrogens with one attached hydrogen (secondary N) is 1. The Labute approximate surface area is 169 Å². The van der Waals surface area contributed by atoms with Crippen molar-refractivity contribution >= 4 is 21.8 Å². The van der Waals surface area contributed by atoms with Crippen LogP contribution in [0.4, 0.5) is 13.2 Å². The van der Waals surface area contributed by atoms with Crippen molar-refractivity contribution in [2.24, 2.45) is 0 Å². The van der Waals surface area contributed by atoms with Crippen LogP contribution in [0.3, 0.4) is 0 Å². The monoisotopic (exact) mass is 461 g/mol. The molecule has 1 amide bonds. The second-order valence-corrected chi connectivity index (χ2v) is 7.99. The summed E-state index contributed by atoms with van der Waals surface area (Å²) < 4.78 is 42.8. The van der Waals surface area contributed by atoms with Gasteiger partial charge in [0.1, 0.15) is 6.04 Å². The third-order valence-electron chi connectivity index (χ3n) is 4.93. The highest BCUT2D eigenvalue weighted by atomic mass is 79.9. The molecule has 1 fully saturated rings. The third-order valence-corrected chi connectivity index (χ3v) is 6.07. The van der Waals surface area contributed by atoms with Crippen molar-refractivity contribution in [3.05, 3.63) is 33.3 Å². The largest absolute Gasteiger partial charge is 0.435 e. The predicted molar refractivity (Wildman–Crippen MR) is 101 cm³/mol. The van der Waals surface area contributed by atoms with E-state index in [2.05, 4.69) is 31.4 Å². The number of hydrogen-bond acceptors (Lipinski definition) is 3. The molecule has 2 aromatic rings. The first-order valence-corrected chi connectivity index (χ1v) is 10.0. The molecule has 10 heteroatoms. The average molecular weight is 462 g/mol. The molecule has 28 heavy (non-hydrogen) atoms. The van der Waals surface area contributed by atoms with Crippen molar-refractivity contribution in [1.29, 1.82) is 0 Å². The smallest absolute Gasteiger partial charge is 0.354 e. The summed E-state index contributed by atoms with van der Waals surface area (Å²) in [6.07, 6.45) is -2.14. The third kappa shape index (κ3) is 4.42. The maximum Gasteiger partial charge on any atom is 0.435 e. The summed E-state index contributed by atoms with van der Waals surface area (Å²) in [6.45, 7) is 6.19. The molecule has 0 radical (unpaired) electrons. The van der Waals surface area contributed by atoms with Crippen LogP contribution >= 0.6 is 15.9 Å². The number of rotatable bonds is 7. The molecule has 0 aliphatic heterocycles. The lowest BCUT2D eigenvalue weighted by Crippen LogP contribution is -2.33. The van der Waals surface area contributed by atoms with Crippen molar-refractivity contribution in [2.75, 3.05) is 6.54 Å². The van der Waals surface area contributed by atoms with Crippen molar-refractivity contribution in [2.45, 2.75) is 64.7 Å². The molecule has 3 rings (SSSR count). The highest BCUT2D eigenvalue weighted by Gasteiger charge is 2.37. The Morgan fingerprint density at radius 2 is 2.04 bits per heavy atom. The van der Waals surface area contributed by atoms with Gasteiger partial charge in [0.2, 0.25) is 5.91 Å². The lowest BCUT2D eigenvalue weighted by molar-refractivity contribution is -0.141. The van der Waals surface area contributed by atoms with E-state index in [1.54, 1.807) is 11.6 Å². The van der Waals surface area contributed by atoms with E-state index < -0.39 is 17.9 Å². The van der Waals surface area contributed by atoms with E-state index in [1.807, 2.05) is 13.8 Å². The normalized spacial score (nSPS) is 15.7. The fraction of sp³-hybridized carbons (Fsp3) is 0.611. The Balaban J connectivity index is 1.55. The molecular formula is C18H23BrF3N5O. The Bertz CT molecular complexity index is 869. The summed E-state index contributed by atoms with van der Waals surface area (Å²) in [7, 11) is 0. The van der Waals surface area contributed by atoms with Gasteiger partial charge < -0.3 is 5.32 Å². The van der Waals surface area contributed by atoms with Crippen LogP contribution in [-0.2, 0) is 17.5 Å². The first-order valence-electron chi connectivity index (χ1n) is 9.23. The Morgan fingerprint density at radius 3 is 2.57 bits per heavy atom. The maximum absolute atomic E-state index is 12.9. The standard InChI is InChI=1S/C18H23BrF3N5O/c1-10-16(19)11(2)27(24-10)12(3)17(28)23-7-4-8-26-14(13-5-6-13)9-15(25-26)18(20,21)22/h9,12-13H,4-8H2,1-3H3,(H,23,28). The summed E-state index contributed by atoms with van der Waals surface area (Å²) in [5, 5.41) is 10.9. The van der Waals surface area contributed by atoms with E-state index in [0.717, 1.165) is 34.8 Å². The van der Waals surface area contributed by atoms with Gasteiger partial charge >= 0.3 is 6.18 Å². The molecule has 0 spiro atoms. The van der Waals surface area contributed by atoms with Crippen molar-refractivity contribution < 1.29 is 18.0 Å². The Hall–Kier alpha value is -1.84. The van der Waals surface area contributed by atoms with E-state index in [0.29, 0.717) is 25.2 Å². The average Bonchev–Trinajstić information content (AvgIpc) is 3.33. The molecule has 6 nitrogen and oxygen atoms in total. The maximum atomic E-state index is 12.9. The minimum atomic E-state index is -4.44. The predicted octanol–water partition coefficient (Wildman–Crippen LogP) is 4.12. The number of hydrogen-bond donors (Lipinski definition) is 1. The minimum Gasteiger partial charge on any atom is -0.354 e. The van der Waals surface area contributed by atoms with Crippen LogP contribution in [0, 0.1) is 13.8 Å². The van der Waals surface area contributed by atoms with Crippen LogP contribution in [-0.4, -0.2) is 32.0 Å². The molecule has 1 N–H and O–H groups in total. The van der Waals surface area contributed by atoms with Gasteiger partial charge in [-0.3, -0.25) is 14.2 Å². The number of amides is 1. The van der Waals surface area contributed by atoms with Crippen LogP contribution in [0.2, 0.25) is 0 Å². The fourth-order valence-electron chi connectivity index (χ4n) is 3.18. The zero-order valence-electron chi connectivity index (χ0n) is 16.0. The number of carbonyl (C=O) groups excluding carboxylic acids is 1. The van der Waals surface area contributed by atoms with Crippen LogP contribution in [0.25, 0.3) is 0 Å². The second-order valence-electron chi connectivity index (χ2n) is 7.20. The zero-order valence-corrected chi connectivity index (χ0v) is 17.6. The van der Waals surface area contributed by atoms with Gasteiger partial charge in [0.05, 0.1) is 15.9 Å². The molecule has 1 atom stereocenters. The van der Waals surface area contributed by atoms with Gasteiger partial charge in [-0.05, 0) is 62.0 Å². The molecule has 0 saturated heterocycles. The Morgan fingerprint density at radius 1 is 1.36 bits per heavy atom. The molecule has 154 valence electrons. The molecular weight excluding hydrogens is 439 g/mol. The Kier molecular flexibility index (Phi) is 5.88. The summed E-state index contributed by atoms with van der Waals surface area (Å²) >= 11 is 3.44. The second kappa shape index (κ2) is 7.88. The highest BCUT2D eigenvalue weighted by molar-refractivity contribution is 9.10. The van der Waals surface area contributed by atoms with Crippen molar-refractivity contribution in [3.63, 3.8) is 0 Å². The summed E-state index contributed by atoms with van der Waals surface area (Å²) in [5.74, 6) is -0.0142. The van der Waals surface area contributed by atoms with Crippen LogP contribution < -0.4 is 5.32 Å². The molecule has 1 unspecified atom stereocenters.